The maximum Gasteiger partial charge on any atom is 0.267 e. The normalized spacial score (nSPS) is 17.9. The number of aromatic amines is 1. The lowest BCUT2D eigenvalue weighted by Gasteiger charge is -2.38. The van der Waals surface area contributed by atoms with Crippen LogP contribution in [-0.4, -0.2) is 39.0 Å². The maximum absolute atomic E-state index is 14.0. The number of nitrogens with one attached hydrogen (secondary N) is 2. The van der Waals surface area contributed by atoms with Crippen molar-refractivity contribution >= 4 is 11.8 Å². The predicted molar refractivity (Wildman–Crippen MR) is 144 cm³/mol. The molecule has 1 aliphatic rings. The van der Waals surface area contributed by atoms with Gasteiger partial charge in [0.25, 0.3) is 11.5 Å². The highest BCUT2D eigenvalue weighted by molar-refractivity contribution is 5.97. The number of carbonyl (C=O) groups is 2. The number of rotatable bonds is 7. The molecule has 2 N–H and O–H groups in total. The predicted octanol–water partition coefficient (Wildman–Crippen LogP) is 4.21. The van der Waals surface area contributed by atoms with Gasteiger partial charge in [-0.1, -0.05) is 18.2 Å². The zero-order valence-corrected chi connectivity index (χ0v) is 22.5. The molecular weight excluding hydrogens is 497 g/mol. The summed E-state index contributed by atoms with van der Waals surface area (Å²) in [5.41, 5.74) is 2.25. The van der Waals surface area contributed by atoms with Crippen molar-refractivity contribution in [1.82, 2.24) is 20.4 Å². The molecule has 1 unspecified atom stereocenters. The monoisotopic (exact) mass is 529 g/mol. The first-order chi connectivity index (χ1) is 18.5. The van der Waals surface area contributed by atoms with Crippen LogP contribution in [0.5, 0.6) is 0 Å². The summed E-state index contributed by atoms with van der Waals surface area (Å²) >= 11 is 0. The van der Waals surface area contributed by atoms with Gasteiger partial charge in [0.15, 0.2) is 0 Å². The highest BCUT2D eigenvalue weighted by Crippen LogP contribution is 2.43. The number of aryl methyl sites for hydroxylation is 1. The van der Waals surface area contributed by atoms with Crippen molar-refractivity contribution in [1.29, 1.82) is 5.26 Å². The van der Waals surface area contributed by atoms with Gasteiger partial charge >= 0.3 is 0 Å². The molecule has 0 bridgehead atoms. The summed E-state index contributed by atoms with van der Waals surface area (Å²) in [5.74, 6) is -1.13. The quantitative estimate of drug-likeness (QED) is 0.475. The minimum atomic E-state index is -0.876. The smallest absolute Gasteiger partial charge is 0.267 e. The maximum atomic E-state index is 14.0. The van der Waals surface area contributed by atoms with E-state index in [-0.39, 0.29) is 17.5 Å². The number of halogens is 1. The molecule has 0 radical (unpaired) electrons. The van der Waals surface area contributed by atoms with E-state index in [2.05, 4.69) is 21.6 Å². The Balaban J connectivity index is 1.53. The van der Waals surface area contributed by atoms with Crippen molar-refractivity contribution in [2.24, 2.45) is 5.41 Å². The number of carbonyl (C=O) groups excluding carboxylic acids is 2. The first-order valence-corrected chi connectivity index (χ1v) is 12.9. The number of nitriles is 1. The van der Waals surface area contributed by atoms with Crippen molar-refractivity contribution in [3.8, 4) is 6.07 Å². The van der Waals surface area contributed by atoms with Gasteiger partial charge in [-0.2, -0.15) is 10.4 Å². The number of likely N-dealkylation sites (tertiary alicyclic amines) is 1. The van der Waals surface area contributed by atoms with Gasteiger partial charge < -0.3 is 10.2 Å². The fourth-order valence-corrected chi connectivity index (χ4v) is 5.26. The van der Waals surface area contributed by atoms with E-state index in [1.54, 1.807) is 62.1 Å². The fraction of sp³-hybridized carbons (Fsp3) is 0.367. The average Bonchev–Trinajstić information content (AvgIpc) is 3.36. The molecule has 39 heavy (non-hydrogen) atoms. The molecule has 8 nitrogen and oxygen atoms in total. The summed E-state index contributed by atoms with van der Waals surface area (Å²) in [5, 5.41) is 18.7. The van der Waals surface area contributed by atoms with Crippen LogP contribution < -0.4 is 10.9 Å². The number of aromatic nitrogens is 2. The van der Waals surface area contributed by atoms with E-state index >= 15 is 0 Å². The third kappa shape index (κ3) is 5.90. The molecule has 0 saturated carbocycles. The van der Waals surface area contributed by atoms with Crippen LogP contribution in [-0.2, 0) is 11.2 Å². The molecule has 2 heterocycles. The Hall–Kier alpha value is -4.32. The van der Waals surface area contributed by atoms with Gasteiger partial charge in [0.2, 0.25) is 5.91 Å². The van der Waals surface area contributed by atoms with Gasteiger partial charge in [-0.15, -0.1) is 0 Å². The Morgan fingerprint density at radius 2 is 1.97 bits per heavy atom. The van der Waals surface area contributed by atoms with E-state index in [4.69, 9.17) is 0 Å². The van der Waals surface area contributed by atoms with Gasteiger partial charge in [0.1, 0.15) is 11.9 Å². The van der Waals surface area contributed by atoms with Gasteiger partial charge in [-0.3, -0.25) is 14.4 Å². The minimum absolute atomic E-state index is 0.262. The molecule has 202 valence electrons. The fourth-order valence-electron chi connectivity index (χ4n) is 5.26. The Morgan fingerprint density at radius 3 is 2.64 bits per heavy atom. The second-order valence-corrected chi connectivity index (χ2v) is 10.7. The lowest BCUT2D eigenvalue weighted by Crippen LogP contribution is -2.52. The number of nitrogens with zero attached hydrogens (tertiary/aromatic N) is 3. The molecule has 1 saturated heterocycles. The first-order valence-electron chi connectivity index (χ1n) is 12.9. The van der Waals surface area contributed by atoms with Crippen molar-refractivity contribution in [3.63, 3.8) is 0 Å². The zero-order valence-electron chi connectivity index (χ0n) is 22.5. The van der Waals surface area contributed by atoms with E-state index in [1.807, 2.05) is 6.92 Å². The number of hydrogen-bond acceptors (Lipinski definition) is 5. The summed E-state index contributed by atoms with van der Waals surface area (Å²) in [7, 11) is 0. The van der Waals surface area contributed by atoms with E-state index in [9.17, 15) is 24.0 Å². The van der Waals surface area contributed by atoms with Crippen LogP contribution in [0.1, 0.15) is 72.3 Å². The largest absolute Gasteiger partial charge is 0.341 e. The van der Waals surface area contributed by atoms with Crippen molar-refractivity contribution in [2.75, 3.05) is 0 Å². The van der Waals surface area contributed by atoms with Gasteiger partial charge in [0.05, 0.1) is 23.6 Å². The van der Waals surface area contributed by atoms with E-state index in [1.165, 1.54) is 18.3 Å². The van der Waals surface area contributed by atoms with Crippen LogP contribution in [0.2, 0.25) is 0 Å². The van der Waals surface area contributed by atoms with E-state index in [0.29, 0.717) is 36.0 Å². The van der Waals surface area contributed by atoms with Gasteiger partial charge in [-0.05, 0) is 87.6 Å². The summed E-state index contributed by atoms with van der Waals surface area (Å²) in [6.45, 7) is 7.06. The van der Waals surface area contributed by atoms with E-state index in [0.717, 1.165) is 11.1 Å². The van der Waals surface area contributed by atoms with Crippen LogP contribution in [0, 0.1) is 29.5 Å². The number of benzene rings is 2. The molecule has 1 fully saturated rings. The first kappa shape index (κ1) is 27.7. The third-order valence-electron chi connectivity index (χ3n) is 7.51. The molecule has 4 rings (SSSR count). The number of hydrogen-bond donors (Lipinski definition) is 2. The molecule has 3 atom stereocenters. The molecule has 1 aliphatic heterocycles. The van der Waals surface area contributed by atoms with Gasteiger partial charge in [0, 0.05) is 23.7 Å². The summed E-state index contributed by atoms with van der Waals surface area (Å²) < 4.78 is 14.0. The van der Waals surface area contributed by atoms with Crippen LogP contribution in [0.4, 0.5) is 4.39 Å². The lowest BCUT2D eigenvalue weighted by molar-refractivity contribution is -0.137. The average molecular weight is 530 g/mol. The Labute approximate surface area is 226 Å². The molecule has 0 aliphatic carbocycles. The Kier molecular flexibility index (Phi) is 7.95. The molecular formula is C30H32FN5O3. The SMILES string of the molecule is Cc1cc(C(=O)N[C@H](C)C(=O)N2C(C(C)(C)C#N)CC[C@H]2c2cccc(F)c2)ccc1Cc1ccn[nH]c1=O. The molecule has 3 aromatic rings. The zero-order chi connectivity index (χ0) is 28.3. The molecule has 2 amide bonds. The molecule has 0 spiro atoms. The van der Waals surface area contributed by atoms with E-state index < -0.39 is 29.2 Å². The lowest BCUT2D eigenvalue weighted by atomic mass is 9.84. The second kappa shape index (κ2) is 11.2. The second-order valence-electron chi connectivity index (χ2n) is 10.7. The standard InChI is InChI=1S/C30H32FN5O3/c1-18-14-22(9-8-20(18)15-23-12-13-33-35-28(23)38)27(37)34-19(2)29(39)36-25(21-6-5-7-24(31)16-21)10-11-26(36)30(3,4)17-32/h5-9,12-14,16,19,25-26H,10-11,15H2,1-4H3,(H,34,37)(H,35,38)/t19-,25+,26?/m1/s1. The summed E-state index contributed by atoms with van der Waals surface area (Å²) in [4.78, 5) is 40.6. The molecule has 2 aromatic carbocycles. The summed E-state index contributed by atoms with van der Waals surface area (Å²) in [6, 6.07) is 13.6. The van der Waals surface area contributed by atoms with Crippen LogP contribution in [0.15, 0.2) is 59.5 Å². The van der Waals surface area contributed by atoms with Crippen LogP contribution in [0.3, 0.4) is 0 Å². The Bertz CT molecular complexity index is 1490. The molecule has 1 aromatic heterocycles. The third-order valence-corrected chi connectivity index (χ3v) is 7.51. The van der Waals surface area contributed by atoms with Gasteiger partial charge in [-0.25, -0.2) is 9.49 Å². The minimum Gasteiger partial charge on any atom is -0.341 e. The van der Waals surface area contributed by atoms with Crippen molar-refractivity contribution in [3.05, 3.63) is 98.7 Å². The highest BCUT2D eigenvalue weighted by atomic mass is 19.1. The summed E-state index contributed by atoms with van der Waals surface area (Å²) in [6.07, 6.45) is 3.10. The van der Waals surface area contributed by atoms with Crippen LogP contribution in [0.25, 0.3) is 0 Å². The highest BCUT2D eigenvalue weighted by Gasteiger charge is 2.46. The van der Waals surface area contributed by atoms with Crippen molar-refractivity contribution in [2.45, 2.75) is 65.1 Å². The van der Waals surface area contributed by atoms with Crippen molar-refractivity contribution < 1.29 is 14.0 Å². The number of amides is 2. The topological polar surface area (TPSA) is 119 Å². The van der Waals surface area contributed by atoms with Crippen LogP contribution >= 0.6 is 0 Å². The Morgan fingerprint density at radius 1 is 1.21 bits per heavy atom. The molecule has 9 heteroatoms. The number of H-pyrrole nitrogens is 1.